The van der Waals surface area contributed by atoms with Crippen LogP contribution in [0, 0.1) is 13.8 Å². The Morgan fingerprint density at radius 1 is 0.941 bits per heavy atom. The fourth-order valence-electron chi connectivity index (χ4n) is 5.25. The Labute approximate surface area is 200 Å². The zero-order valence-corrected chi connectivity index (χ0v) is 20.2. The number of aromatic nitrogens is 1. The van der Waals surface area contributed by atoms with Gasteiger partial charge in [-0.2, -0.15) is 0 Å². The summed E-state index contributed by atoms with van der Waals surface area (Å²) >= 11 is 0. The average molecular weight is 457 g/mol. The van der Waals surface area contributed by atoms with Gasteiger partial charge in [0.1, 0.15) is 5.70 Å². The molecule has 3 heterocycles. The Morgan fingerprint density at radius 3 is 2.44 bits per heavy atom. The third-order valence-corrected chi connectivity index (χ3v) is 7.21. The molecular formula is C28H32N4O2. The molecule has 0 saturated carbocycles. The number of rotatable bonds is 6. The summed E-state index contributed by atoms with van der Waals surface area (Å²) < 4.78 is 0. The highest BCUT2D eigenvalue weighted by molar-refractivity contribution is 6.35. The van der Waals surface area contributed by atoms with Gasteiger partial charge in [0.2, 0.25) is 0 Å². The first-order valence-corrected chi connectivity index (χ1v) is 12.2. The van der Waals surface area contributed by atoms with Crippen LogP contribution in [0.5, 0.6) is 0 Å². The van der Waals surface area contributed by atoms with E-state index in [1.165, 1.54) is 4.90 Å². The van der Waals surface area contributed by atoms with Crippen molar-refractivity contribution in [1.82, 2.24) is 19.7 Å². The van der Waals surface area contributed by atoms with Crippen molar-refractivity contribution in [2.24, 2.45) is 0 Å². The Morgan fingerprint density at radius 2 is 1.71 bits per heavy atom. The third-order valence-electron chi connectivity index (χ3n) is 7.21. The molecule has 6 nitrogen and oxygen atoms in total. The molecule has 0 aliphatic carbocycles. The molecule has 1 N–H and O–H groups in total. The normalized spacial score (nSPS) is 17.5. The molecule has 0 radical (unpaired) electrons. The first-order valence-electron chi connectivity index (χ1n) is 12.2. The summed E-state index contributed by atoms with van der Waals surface area (Å²) in [6.45, 7) is 10.9. The molecule has 0 atom stereocenters. The van der Waals surface area contributed by atoms with Crippen LogP contribution in [0.4, 0.5) is 0 Å². The summed E-state index contributed by atoms with van der Waals surface area (Å²) in [5.41, 5.74) is 6.37. The molecule has 0 unspecified atom stereocenters. The van der Waals surface area contributed by atoms with Crippen LogP contribution in [0.3, 0.4) is 0 Å². The number of amides is 2. The van der Waals surface area contributed by atoms with E-state index >= 15 is 0 Å². The number of aromatic amines is 1. The Balaban J connectivity index is 1.47. The first-order chi connectivity index (χ1) is 16.5. The van der Waals surface area contributed by atoms with E-state index in [-0.39, 0.29) is 11.8 Å². The van der Waals surface area contributed by atoms with Crippen LogP contribution in [0.2, 0.25) is 0 Å². The van der Waals surface area contributed by atoms with Gasteiger partial charge < -0.3 is 14.8 Å². The molecule has 3 aromatic rings. The SMILES string of the molecule is CCN1CCN(C2=C(c3ccc(C)cc3C)C(=O)N(CCc3c[nH]c4ccccc34)C2=O)CC1. The zero-order valence-electron chi connectivity index (χ0n) is 20.2. The van der Waals surface area contributed by atoms with Gasteiger partial charge in [-0.1, -0.05) is 48.9 Å². The van der Waals surface area contributed by atoms with Crippen molar-refractivity contribution in [3.63, 3.8) is 0 Å². The Kier molecular flexibility index (Phi) is 6.00. The summed E-state index contributed by atoms with van der Waals surface area (Å²) in [6.07, 6.45) is 2.61. The van der Waals surface area contributed by atoms with Crippen molar-refractivity contribution in [3.05, 3.63) is 76.6 Å². The average Bonchev–Trinajstić information content (AvgIpc) is 3.36. The number of para-hydroxylation sites is 1. The van der Waals surface area contributed by atoms with Gasteiger partial charge >= 0.3 is 0 Å². The summed E-state index contributed by atoms with van der Waals surface area (Å²) in [5, 5.41) is 1.14. The van der Waals surface area contributed by atoms with E-state index in [0.717, 1.165) is 65.9 Å². The molecule has 1 aromatic heterocycles. The van der Waals surface area contributed by atoms with Gasteiger partial charge in [0.05, 0.1) is 5.57 Å². The number of H-pyrrole nitrogens is 1. The number of benzene rings is 2. The molecule has 1 saturated heterocycles. The minimum Gasteiger partial charge on any atom is -0.364 e. The number of carbonyl (C=O) groups excluding carboxylic acids is 2. The molecule has 6 heteroatoms. The van der Waals surface area contributed by atoms with Gasteiger partial charge in [-0.15, -0.1) is 0 Å². The number of hydrogen-bond acceptors (Lipinski definition) is 4. The fourth-order valence-corrected chi connectivity index (χ4v) is 5.25. The second-order valence-corrected chi connectivity index (χ2v) is 9.33. The quantitative estimate of drug-likeness (QED) is 0.574. The summed E-state index contributed by atoms with van der Waals surface area (Å²) in [6, 6.07) is 14.2. The highest BCUT2D eigenvalue weighted by Gasteiger charge is 2.42. The van der Waals surface area contributed by atoms with Crippen molar-refractivity contribution in [1.29, 1.82) is 0 Å². The molecule has 2 aliphatic rings. The van der Waals surface area contributed by atoms with Gasteiger partial charge in [0.15, 0.2) is 0 Å². The minimum absolute atomic E-state index is 0.162. The second-order valence-electron chi connectivity index (χ2n) is 9.33. The highest BCUT2D eigenvalue weighted by Crippen LogP contribution is 2.34. The van der Waals surface area contributed by atoms with Crippen LogP contribution in [0.1, 0.15) is 29.2 Å². The lowest BCUT2D eigenvalue weighted by Gasteiger charge is -2.36. The monoisotopic (exact) mass is 456 g/mol. The van der Waals surface area contributed by atoms with E-state index in [0.29, 0.717) is 24.2 Å². The fraction of sp³-hybridized carbons (Fsp3) is 0.357. The summed E-state index contributed by atoms with van der Waals surface area (Å²) in [5.74, 6) is -0.338. The van der Waals surface area contributed by atoms with Crippen molar-refractivity contribution in [2.75, 3.05) is 39.3 Å². The molecule has 2 amide bonds. The molecule has 2 aromatic carbocycles. The molecule has 5 rings (SSSR count). The number of nitrogens with one attached hydrogen (secondary N) is 1. The van der Waals surface area contributed by atoms with Crippen molar-refractivity contribution in [2.45, 2.75) is 27.2 Å². The maximum absolute atomic E-state index is 13.8. The van der Waals surface area contributed by atoms with Crippen molar-refractivity contribution >= 4 is 28.3 Å². The number of piperazine rings is 1. The number of aryl methyl sites for hydroxylation is 2. The second kappa shape index (κ2) is 9.11. The van der Waals surface area contributed by atoms with Gasteiger partial charge in [-0.25, -0.2) is 0 Å². The van der Waals surface area contributed by atoms with Crippen molar-refractivity contribution < 1.29 is 9.59 Å². The lowest BCUT2D eigenvalue weighted by atomic mass is 9.97. The van der Waals surface area contributed by atoms with E-state index in [9.17, 15) is 9.59 Å². The molecule has 1 fully saturated rings. The third kappa shape index (κ3) is 3.92. The number of fused-ring (bicyclic) bond motifs is 1. The minimum atomic E-state index is -0.176. The maximum atomic E-state index is 13.8. The Hall–Kier alpha value is -3.38. The highest BCUT2D eigenvalue weighted by atomic mass is 16.2. The van der Waals surface area contributed by atoms with Crippen LogP contribution in [-0.4, -0.2) is 70.8 Å². The smallest absolute Gasteiger partial charge is 0.277 e. The number of hydrogen-bond donors (Lipinski definition) is 1. The molecule has 0 bridgehead atoms. The van der Waals surface area contributed by atoms with Crippen LogP contribution >= 0.6 is 0 Å². The standard InChI is InChI=1S/C28H32N4O2/c1-4-30-13-15-31(16-14-30)26-25(22-10-9-19(2)17-20(22)3)27(33)32(28(26)34)12-11-21-18-29-24-8-6-5-7-23(21)24/h5-10,17-18,29H,4,11-16H2,1-3H3. The van der Waals surface area contributed by atoms with Gasteiger partial charge in [0.25, 0.3) is 11.8 Å². The van der Waals surface area contributed by atoms with E-state index in [4.69, 9.17) is 0 Å². The lowest BCUT2D eigenvalue weighted by molar-refractivity contribution is -0.137. The predicted octanol–water partition coefficient (Wildman–Crippen LogP) is 3.74. The Bertz CT molecular complexity index is 1280. The van der Waals surface area contributed by atoms with Gasteiger partial charge in [-0.3, -0.25) is 14.5 Å². The summed E-state index contributed by atoms with van der Waals surface area (Å²) in [4.78, 5) is 36.7. The van der Waals surface area contributed by atoms with E-state index < -0.39 is 0 Å². The molecular weight excluding hydrogens is 424 g/mol. The van der Waals surface area contributed by atoms with E-state index in [1.807, 2.05) is 50.4 Å². The number of likely N-dealkylation sites (N-methyl/N-ethyl adjacent to an activating group) is 1. The number of carbonyl (C=O) groups is 2. The topological polar surface area (TPSA) is 59.6 Å². The van der Waals surface area contributed by atoms with E-state index in [1.54, 1.807) is 0 Å². The van der Waals surface area contributed by atoms with Gasteiger partial charge in [0, 0.05) is 49.8 Å². The maximum Gasteiger partial charge on any atom is 0.277 e. The predicted molar refractivity (Wildman–Crippen MR) is 135 cm³/mol. The largest absolute Gasteiger partial charge is 0.364 e. The van der Waals surface area contributed by atoms with Gasteiger partial charge in [-0.05, 0) is 49.6 Å². The summed E-state index contributed by atoms with van der Waals surface area (Å²) in [7, 11) is 0. The van der Waals surface area contributed by atoms with Crippen LogP contribution < -0.4 is 0 Å². The van der Waals surface area contributed by atoms with Crippen LogP contribution in [0.25, 0.3) is 16.5 Å². The van der Waals surface area contributed by atoms with E-state index in [2.05, 4.69) is 33.8 Å². The molecule has 2 aliphatic heterocycles. The first kappa shape index (κ1) is 22.4. The molecule has 0 spiro atoms. The molecule has 34 heavy (non-hydrogen) atoms. The number of imide groups is 1. The zero-order chi connectivity index (χ0) is 23.8. The van der Waals surface area contributed by atoms with Crippen molar-refractivity contribution in [3.8, 4) is 0 Å². The van der Waals surface area contributed by atoms with Crippen LogP contribution in [0.15, 0.2) is 54.4 Å². The molecule has 176 valence electrons. The van der Waals surface area contributed by atoms with Crippen LogP contribution in [-0.2, 0) is 16.0 Å². The lowest BCUT2D eigenvalue weighted by Crippen LogP contribution is -2.47. The number of nitrogens with zero attached hydrogens (tertiary/aromatic N) is 3.